The third-order valence-electron chi connectivity index (χ3n) is 3.16. The Balaban J connectivity index is 1.92. The SMILES string of the molecule is C[C@H](OC(=O)c1c(F)cccc1F)C(=O)NNC(=O)c1ccccc1. The Morgan fingerprint density at radius 1 is 0.920 bits per heavy atom. The molecule has 0 bridgehead atoms. The van der Waals surface area contributed by atoms with Crippen molar-refractivity contribution in [1.29, 1.82) is 0 Å². The maximum atomic E-state index is 13.5. The minimum absolute atomic E-state index is 0.306. The van der Waals surface area contributed by atoms with Crippen LogP contribution in [0.1, 0.15) is 27.6 Å². The minimum atomic E-state index is -1.39. The van der Waals surface area contributed by atoms with Gasteiger partial charge in [0.15, 0.2) is 6.10 Å². The van der Waals surface area contributed by atoms with Crippen molar-refractivity contribution in [2.45, 2.75) is 13.0 Å². The van der Waals surface area contributed by atoms with Crippen LogP contribution in [0.5, 0.6) is 0 Å². The lowest BCUT2D eigenvalue weighted by molar-refractivity contribution is -0.129. The van der Waals surface area contributed by atoms with Gasteiger partial charge in [-0.3, -0.25) is 20.4 Å². The van der Waals surface area contributed by atoms with Crippen molar-refractivity contribution in [3.05, 3.63) is 71.3 Å². The van der Waals surface area contributed by atoms with E-state index in [-0.39, 0.29) is 0 Å². The molecule has 2 amide bonds. The van der Waals surface area contributed by atoms with Gasteiger partial charge in [0.05, 0.1) is 0 Å². The standard InChI is InChI=1S/C17H14F2N2O4/c1-10(25-17(24)14-12(18)8-5-9-13(14)19)15(22)20-21-16(23)11-6-3-2-4-7-11/h2-10H,1H3,(H,20,22)(H,21,23)/t10-/m0/s1. The molecule has 0 fully saturated rings. The van der Waals surface area contributed by atoms with E-state index >= 15 is 0 Å². The van der Waals surface area contributed by atoms with Gasteiger partial charge in [-0.05, 0) is 31.2 Å². The Morgan fingerprint density at radius 2 is 1.52 bits per heavy atom. The maximum absolute atomic E-state index is 13.5. The monoisotopic (exact) mass is 348 g/mol. The summed E-state index contributed by atoms with van der Waals surface area (Å²) in [6, 6.07) is 11.0. The Morgan fingerprint density at radius 3 is 2.12 bits per heavy atom. The van der Waals surface area contributed by atoms with E-state index in [2.05, 4.69) is 10.9 Å². The number of hydrogen-bond acceptors (Lipinski definition) is 4. The van der Waals surface area contributed by atoms with Crippen LogP contribution in [0.2, 0.25) is 0 Å². The van der Waals surface area contributed by atoms with Crippen LogP contribution in [0, 0.1) is 11.6 Å². The van der Waals surface area contributed by atoms with E-state index in [1.165, 1.54) is 19.1 Å². The zero-order valence-electron chi connectivity index (χ0n) is 13.1. The molecule has 8 heteroatoms. The second-order valence-electron chi connectivity index (χ2n) is 4.95. The summed E-state index contributed by atoms with van der Waals surface area (Å²) in [4.78, 5) is 35.4. The second kappa shape index (κ2) is 8.00. The number of hydrogen-bond donors (Lipinski definition) is 2. The number of hydrazine groups is 1. The first kappa shape index (κ1) is 18.1. The van der Waals surface area contributed by atoms with Crippen LogP contribution < -0.4 is 10.9 Å². The van der Waals surface area contributed by atoms with E-state index in [4.69, 9.17) is 4.74 Å². The van der Waals surface area contributed by atoms with Crippen molar-refractivity contribution in [2.75, 3.05) is 0 Å². The van der Waals surface area contributed by atoms with Crippen molar-refractivity contribution in [2.24, 2.45) is 0 Å². The van der Waals surface area contributed by atoms with Crippen LogP contribution in [-0.4, -0.2) is 23.9 Å². The number of amides is 2. The molecule has 0 aliphatic rings. The molecule has 2 aromatic rings. The number of nitrogens with one attached hydrogen (secondary N) is 2. The predicted octanol–water partition coefficient (Wildman–Crippen LogP) is 1.97. The van der Waals surface area contributed by atoms with Gasteiger partial charge in [-0.2, -0.15) is 0 Å². The summed E-state index contributed by atoms with van der Waals surface area (Å²) < 4.78 is 31.7. The van der Waals surface area contributed by atoms with Gasteiger partial charge in [0, 0.05) is 5.56 Å². The van der Waals surface area contributed by atoms with Crippen LogP contribution in [0.15, 0.2) is 48.5 Å². The van der Waals surface area contributed by atoms with Crippen molar-refractivity contribution in [3.63, 3.8) is 0 Å². The van der Waals surface area contributed by atoms with Gasteiger partial charge >= 0.3 is 5.97 Å². The quantitative estimate of drug-likeness (QED) is 0.654. The number of ether oxygens (including phenoxy) is 1. The highest BCUT2D eigenvalue weighted by atomic mass is 19.1. The molecule has 2 rings (SSSR count). The number of esters is 1. The fourth-order valence-corrected chi connectivity index (χ4v) is 1.85. The van der Waals surface area contributed by atoms with Crippen molar-refractivity contribution in [3.8, 4) is 0 Å². The summed E-state index contributed by atoms with van der Waals surface area (Å²) in [5.41, 5.74) is 3.61. The normalized spacial score (nSPS) is 11.3. The molecule has 25 heavy (non-hydrogen) atoms. The first-order valence-electron chi connectivity index (χ1n) is 7.20. The third kappa shape index (κ3) is 4.60. The number of carbonyl (C=O) groups excluding carboxylic acids is 3. The van der Waals surface area contributed by atoms with Crippen LogP contribution >= 0.6 is 0 Å². The molecule has 2 aromatic carbocycles. The number of rotatable bonds is 4. The van der Waals surface area contributed by atoms with Gasteiger partial charge in [-0.15, -0.1) is 0 Å². The van der Waals surface area contributed by atoms with E-state index in [0.29, 0.717) is 5.56 Å². The highest BCUT2D eigenvalue weighted by molar-refractivity contribution is 5.96. The van der Waals surface area contributed by atoms with Crippen LogP contribution in [0.25, 0.3) is 0 Å². The Kier molecular flexibility index (Phi) is 5.78. The lowest BCUT2D eigenvalue weighted by atomic mass is 10.2. The van der Waals surface area contributed by atoms with Crippen LogP contribution in [0.3, 0.4) is 0 Å². The van der Waals surface area contributed by atoms with Crippen molar-refractivity contribution in [1.82, 2.24) is 10.9 Å². The van der Waals surface area contributed by atoms with E-state index in [9.17, 15) is 23.2 Å². The summed E-state index contributed by atoms with van der Waals surface area (Å²) in [5.74, 6) is -4.97. The van der Waals surface area contributed by atoms with Gasteiger partial charge in [-0.1, -0.05) is 24.3 Å². The highest BCUT2D eigenvalue weighted by Gasteiger charge is 2.24. The number of halogens is 2. The summed E-state index contributed by atoms with van der Waals surface area (Å²) in [5, 5.41) is 0. The van der Waals surface area contributed by atoms with Crippen LogP contribution in [0.4, 0.5) is 8.78 Å². The van der Waals surface area contributed by atoms with Crippen molar-refractivity contribution >= 4 is 17.8 Å². The zero-order chi connectivity index (χ0) is 18.4. The van der Waals surface area contributed by atoms with E-state index in [1.807, 2.05) is 0 Å². The zero-order valence-corrected chi connectivity index (χ0v) is 13.1. The summed E-state index contributed by atoms with van der Waals surface area (Å²) in [7, 11) is 0. The molecule has 1 atom stereocenters. The van der Waals surface area contributed by atoms with Gasteiger partial charge in [0.1, 0.15) is 17.2 Å². The lowest BCUT2D eigenvalue weighted by Gasteiger charge is -2.14. The molecule has 0 heterocycles. The third-order valence-corrected chi connectivity index (χ3v) is 3.16. The molecule has 0 aromatic heterocycles. The van der Waals surface area contributed by atoms with Gasteiger partial charge in [0.25, 0.3) is 11.8 Å². The topological polar surface area (TPSA) is 84.5 Å². The molecule has 0 aliphatic carbocycles. The second-order valence-corrected chi connectivity index (χ2v) is 4.95. The molecule has 2 N–H and O–H groups in total. The van der Waals surface area contributed by atoms with Crippen molar-refractivity contribution < 1.29 is 27.9 Å². The number of benzene rings is 2. The van der Waals surface area contributed by atoms with Gasteiger partial charge in [0.2, 0.25) is 0 Å². The fraction of sp³-hybridized carbons (Fsp3) is 0.118. The summed E-state index contributed by atoms with van der Waals surface area (Å²) in [6.45, 7) is 1.20. The molecule has 0 spiro atoms. The van der Waals surface area contributed by atoms with E-state index in [0.717, 1.165) is 18.2 Å². The fourth-order valence-electron chi connectivity index (χ4n) is 1.85. The number of carbonyl (C=O) groups is 3. The average molecular weight is 348 g/mol. The average Bonchev–Trinajstić information content (AvgIpc) is 2.59. The molecule has 0 saturated heterocycles. The largest absolute Gasteiger partial charge is 0.449 e. The van der Waals surface area contributed by atoms with E-state index < -0.39 is 41.1 Å². The molecule has 0 radical (unpaired) electrons. The predicted molar refractivity (Wildman–Crippen MR) is 83.3 cm³/mol. The first-order valence-corrected chi connectivity index (χ1v) is 7.20. The maximum Gasteiger partial charge on any atom is 0.344 e. The van der Waals surface area contributed by atoms with Gasteiger partial charge < -0.3 is 4.74 Å². The van der Waals surface area contributed by atoms with E-state index in [1.54, 1.807) is 18.2 Å². The molecule has 0 unspecified atom stereocenters. The smallest absolute Gasteiger partial charge is 0.344 e. The van der Waals surface area contributed by atoms with Gasteiger partial charge in [-0.25, -0.2) is 13.6 Å². The highest BCUT2D eigenvalue weighted by Crippen LogP contribution is 2.14. The molecule has 6 nitrogen and oxygen atoms in total. The molecule has 0 aliphatic heterocycles. The molecule has 130 valence electrons. The molecular formula is C17H14F2N2O4. The molecule has 0 saturated carbocycles. The summed E-state index contributed by atoms with van der Waals surface area (Å²) >= 11 is 0. The first-order chi connectivity index (χ1) is 11.9. The Bertz CT molecular complexity index is 776. The Labute approximate surface area is 141 Å². The minimum Gasteiger partial charge on any atom is -0.449 e. The summed E-state index contributed by atoms with van der Waals surface area (Å²) in [6.07, 6.45) is -1.39. The van der Waals surface area contributed by atoms with Crippen LogP contribution in [-0.2, 0) is 9.53 Å². The lowest BCUT2D eigenvalue weighted by Crippen LogP contribution is -2.46. The Hall–Kier alpha value is -3.29. The molecular weight excluding hydrogens is 334 g/mol.